The number of hydrogen-bond acceptors (Lipinski definition) is 4. The summed E-state index contributed by atoms with van der Waals surface area (Å²) in [6.07, 6.45) is 2.40. The summed E-state index contributed by atoms with van der Waals surface area (Å²) in [6.45, 7) is 6.18. The lowest BCUT2D eigenvalue weighted by molar-refractivity contribution is 0.0995. The van der Waals surface area contributed by atoms with E-state index in [9.17, 15) is 4.79 Å². The Morgan fingerprint density at radius 2 is 2.21 bits per heavy atom. The Bertz CT molecular complexity index is 429. The summed E-state index contributed by atoms with van der Waals surface area (Å²) >= 11 is 0. The first-order valence-corrected chi connectivity index (χ1v) is 6.93. The quantitative estimate of drug-likeness (QED) is 0.830. The van der Waals surface area contributed by atoms with Crippen LogP contribution in [0.4, 0.5) is 5.82 Å². The zero-order valence-electron chi connectivity index (χ0n) is 11.4. The molecule has 1 aromatic rings. The molecule has 0 bridgehead atoms. The van der Waals surface area contributed by atoms with Crippen LogP contribution in [0.2, 0.25) is 0 Å². The second-order valence-electron chi connectivity index (χ2n) is 4.98. The summed E-state index contributed by atoms with van der Waals surface area (Å²) in [6, 6.07) is 5.44. The highest BCUT2D eigenvalue weighted by atomic mass is 16.1. The SMILES string of the molecule is CCN(CC1CCNCC1)c1cccc(C(N)=O)n1. The summed E-state index contributed by atoms with van der Waals surface area (Å²) < 4.78 is 0. The van der Waals surface area contributed by atoms with E-state index in [1.165, 1.54) is 12.8 Å². The predicted molar refractivity (Wildman–Crippen MR) is 76.2 cm³/mol. The molecular weight excluding hydrogens is 240 g/mol. The summed E-state index contributed by atoms with van der Waals surface area (Å²) in [5.74, 6) is 1.07. The van der Waals surface area contributed by atoms with E-state index in [1.807, 2.05) is 12.1 Å². The maximum atomic E-state index is 11.2. The van der Waals surface area contributed by atoms with Gasteiger partial charge in [0.1, 0.15) is 11.5 Å². The minimum absolute atomic E-state index is 0.335. The number of pyridine rings is 1. The molecule has 0 unspecified atom stereocenters. The van der Waals surface area contributed by atoms with Crippen molar-refractivity contribution in [2.24, 2.45) is 11.7 Å². The molecule has 104 valence electrons. The van der Waals surface area contributed by atoms with E-state index < -0.39 is 5.91 Å². The molecule has 2 heterocycles. The van der Waals surface area contributed by atoms with Gasteiger partial charge in [0.15, 0.2) is 0 Å². The van der Waals surface area contributed by atoms with Crippen molar-refractivity contribution in [3.63, 3.8) is 0 Å². The van der Waals surface area contributed by atoms with Gasteiger partial charge in [-0.2, -0.15) is 0 Å². The van der Waals surface area contributed by atoms with Gasteiger partial charge in [0.25, 0.3) is 5.91 Å². The monoisotopic (exact) mass is 262 g/mol. The molecule has 0 aromatic carbocycles. The predicted octanol–water partition coefficient (Wildman–Crippen LogP) is 1.01. The van der Waals surface area contributed by atoms with E-state index in [0.717, 1.165) is 32.0 Å². The smallest absolute Gasteiger partial charge is 0.267 e. The second-order valence-corrected chi connectivity index (χ2v) is 4.98. The fourth-order valence-electron chi connectivity index (χ4n) is 2.50. The number of anilines is 1. The van der Waals surface area contributed by atoms with Crippen molar-refractivity contribution in [2.75, 3.05) is 31.1 Å². The molecule has 1 aliphatic rings. The molecule has 5 heteroatoms. The van der Waals surface area contributed by atoms with Crippen molar-refractivity contribution < 1.29 is 4.79 Å². The highest BCUT2D eigenvalue weighted by molar-refractivity contribution is 5.91. The molecule has 1 aromatic heterocycles. The van der Waals surface area contributed by atoms with Gasteiger partial charge in [0.2, 0.25) is 0 Å². The third-order valence-corrected chi connectivity index (χ3v) is 3.63. The Labute approximate surface area is 114 Å². The van der Waals surface area contributed by atoms with Crippen LogP contribution in [-0.2, 0) is 0 Å². The van der Waals surface area contributed by atoms with Gasteiger partial charge in [-0.15, -0.1) is 0 Å². The first-order chi connectivity index (χ1) is 9.20. The molecule has 0 spiro atoms. The number of hydrogen-bond donors (Lipinski definition) is 2. The lowest BCUT2D eigenvalue weighted by Crippen LogP contribution is -2.36. The normalized spacial score (nSPS) is 16.3. The summed E-state index contributed by atoms with van der Waals surface area (Å²) in [4.78, 5) is 17.8. The molecule has 1 fully saturated rings. The Morgan fingerprint density at radius 1 is 1.47 bits per heavy atom. The molecule has 1 saturated heterocycles. The van der Waals surface area contributed by atoms with E-state index in [4.69, 9.17) is 5.73 Å². The van der Waals surface area contributed by atoms with Crippen molar-refractivity contribution in [3.8, 4) is 0 Å². The number of rotatable bonds is 5. The van der Waals surface area contributed by atoms with Crippen LogP contribution < -0.4 is 16.0 Å². The molecule has 2 rings (SSSR count). The van der Waals surface area contributed by atoms with Crippen LogP contribution in [0.25, 0.3) is 0 Å². The topological polar surface area (TPSA) is 71.2 Å². The van der Waals surface area contributed by atoms with Crippen molar-refractivity contribution in [2.45, 2.75) is 19.8 Å². The van der Waals surface area contributed by atoms with Gasteiger partial charge in [0.05, 0.1) is 0 Å². The molecule has 5 nitrogen and oxygen atoms in total. The number of nitrogens with one attached hydrogen (secondary N) is 1. The largest absolute Gasteiger partial charge is 0.364 e. The zero-order valence-corrected chi connectivity index (χ0v) is 11.4. The number of amides is 1. The molecule has 0 radical (unpaired) electrons. The Morgan fingerprint density at radius 3 is 2.84 bits per heavy atom. The van der Waals surface area contributed by atoms with Crippen LogP contribution in [0.3, 0.4) is 0 Å². The minimum Gasteiger partial charge on any atom is -0.364 e. The first kappa shape index (κ1) is 13.8. The van der Waals surface area contributed by atoms with Crippen molar-refractivity contribution in [3.05, 3.63) is 23.9 Å². The maximum absolute atomic E-state index is 11.2. The summed E-state index contributed by atoms with van der Waals surface area (Å²) in [5.41, 5.74) is 5.61. The number of carbonyl (C=O) groups excluding carboxylic acids is 1. The average molecular weight is 262 g/mol. The zero-order chi connectivity index (χ0) is 13.7. The molecule has 0 aliphatic carbocycles. The fourth-order valence-corrected chi connectivity index (χ4v) is 2.50. The number of nitrogens with zero attached hydrogens (tertiary/aromatic N) is 2. The molecule has 0 atom stereocenters. The third kappa shape index (κ3) is 3.67. The van der Waals surface area contributed by atoms with Gasteiger partial charge in [0, 0.05) is 13.1 Å². The van der Waals surface area contributed by atoms with Crippen LogP contribution in [0.15, 0.2) is 18.2 Å². The van der Waals surface area contributed by atoms with Crippen molar-refractivity contribution in [1.82, 2.24) is 10.3 Å². The molecule has 19 heavy (non-hydrogen) atoms. The Kier molecular flexibility index (Phi) is 4.74. The maximum Gasteiger partial charge on any atom is 0.267 e. The molecular formula is C14H22N4O. The van der Waals surface area contributed by atoms with Gasteiger partial charge in [-0.25, -0.2) is 4.98 Å². The average Bonchev–Trinajstić information content (AvgIpc) is 2.46. The molecule has 0 saturated carbocycles. The van der Waals surface area contributed by atoms with Crippen LogP contribution in [0, 0.1) is 5.92 Å². The van der Waals surface area contributed by atoms with E-state index in [1.54, 1.807) is 6.07 Å². The summed E-state index contributed by atoms with van der Waals surface area (Å²) in [5, 5.41) is 3.37. The Hall–Kier alpha value is -1.62. The van der Waals surface area contributed by atoms with E-state index >= 15 is 0 Å². The van der Waals surface area contributed by atoms with Gasteiger partial charge in [-0.05, 0) is 50.9 Å². The van der Waals surface area contributed by atoms with Crippen LogP contribution in [-0.4, -0.2) is 37.1 Å². The highest BCUT2D eigenvalue weighted by Crippen LogP contribution is 2.18. The van der Waals surface area contributed by atoms with E-state index in [0.29, 0.717) is 11.6 Å². The molecule has 1 amide bonds. The van der Waals surface area contributed by atoms with Crippen LogP contribution in [0.5, 0.6) is 0 Å². The van der Waals surface area contributed by atoms with Crippen LogP contribution >= 0.6 is 0 Å². The highest BCUT2D eigenvalue weighted by Gasteiger charge is 2.17. The first-order valence-electron chi connectivity index (χ1n) is 6.93. The minimum atomic E-state index is -0.472. The van der Waals surface area contributed by atoms with Crippen LogP contribution in [0.1, 0.15) is 30.3 Å². The lowest BCUT2D eigenvalue weighted by Gasteiger charge is -2.30. The fraction of sp³-hybridized carbons (Fsp3) is 0.571. The second kappa shape index (κ2) is 6.52. The number of piperidine rings is 1. The standard InChI is InChI=1S/C14H22N4O/c1-2-18(10-11-6-8-16-9-7-11)13-5-3-4-12(17-13)14(15)19/h3-5,11,16H,2,6-10H2,1H3,(H2,15,19). The van der Waals surface area contributed by atoms with Gasteiger partial charge in [-0.1, -0.05) is 6.07 Å². The summed E-state index contributed by atoms with van der Waals surface area (Å²) in [7, 11) is 0. The van der Waals surface area contributed by atoms with Gasteiger partial charge < -0.3 is 16.0 Å². The number of primary amides is 1. The molecule has 3 N–H and O–H groups in total. The van der Waals surface area contributed by atoms with Crippen molar-refractivity contribution in [1.29, 1.82) is 0 Å². The van der Waals surface area contributed by atoms with E-state index in [-0.39, 0.29) is 0 Å². The number of carbonyl (C=O) groups is 1. The lowest BCUT2D eigenvalue weighted by atomic mass is 9.97. The van der Waals surface area contributed by atoms with Gasteiger partial charge in [-0.3, -0.25) is 4.79 Å². The van der Waals surface area contributed by atoms with Gasteiger partial charge >= 0.3 is 0 Å². The third-order valence-electron chi connectivity index (χ3n) is 3.63. The molecule has 1 aliphatic heterocycles. The van der Waals surface area contributed by atoms with E-state index in [2.05, 4.69) is 22.1 Å². The Balaban J connectivity index is 2.07. The number of aromatic nitrogens is 1. The number of nitrogens with two attached hydrogens (primary N) is 1. The van der Waals surface area contributed by atoms with Crippen molar-refractivity contribution >= 4 is 11.7 Å².